The van der Waals surface area contributed by atoms with Crippen LogP contribution in [0.3, 0.4) is 0 Å². The highest BCUT2D eigenvalue weighted by molar-refractivity contribution is 6.74. The average molecular weight is 353 g/mol. The second kappa shape index (κ2) is 6.55. The van der Waals surface area contributed by atoms with Gasteiger partial charge in [0.05, 0.1) is 17.4 Å². The van der Waals surface area contributed by atoms with Crippen LogP contribution in [0.1, 0.15) is 40.2 Å². The molecule has 0 aliphatic carbocycles. The van der Waals surface area contributed by atoms with Crippen LogP contribution < -0.4 is 4.43 Å². The van der Waals surface area contributed by atoms with Crippen LogP contribution in [0.15, 0.2) is 18.2 Å². The van der Waals surface area contributed by atoms with Gasteiger partial charge in [0.1, 0.15) is 0 Å². The maximum atomic E-state index is 11.9. The van der Waals surface area contributed by atoms with Gasteiger partial charge < -0.3 is 9.16 Å². The first-order valence-electron chi connectivity index (χ1n) is 7.80. The van der Waals surface area contributed by atoms with Gasteiger partial charge in [-0.15, -0.1) is 0 Å². The molecule has 0 fully saturated rings. The zero-order valence-corrected chi connectivity index (χ0v) is 16.7. The number of benzene rings is 1. The molecule has 0 amide bonds. The van der Waals surface area contributed by atoms with Crippen molar-refractivity contribution in [2.75, 3.05) is 7.11 Å². The fourth-order valence-corrected chi connectivity index (χ4v) is 2.96. The molecule has 0 aromatic heterocycles. The minimum absolute atomic E-state index is 0.0785. The SMILES string of the molecule is COC(=O)C(C)(C)c1ccc(O[Si](C)(C)C(C)(C)C)c([N+](=O)[O-])c1. The third kappa shape index (κ3) is 3.95. The van der Waals surface area contributed by atoms with Crippen molar-refractivity contribution in [2.24, 2.45) is 0 Å². The molecule has 0 aliphatic heterocycles. The van der Waals surface area contributed by atoms with Crippen molar-refractivity contribution in [3.05, 3.63) is 33.9 Å². The minimum Gasteiger partial charge on any atom is -0.539 e. The molecule has 0 saturated heterocycles. The molecule has 0 bridgehead atoms. The number of nitro benzene ring substituents is 1. The van der Waals surface area contributed by atoms with Gasteiger partial charge in [0.2, 0.25) is 0 Å². The molecule has 0 atom stereocenters. The second-order valence-electron chi connectivity index (χ2n) is 7.92. The summed E-state index contributed by atoms with van der Waals surface area (Å²) in [5, 5.41) is 11.4. The van der Waals surface area contributed by atoms with Gasteiger partial charge in [0.15, 0.2) is 5.75 Å². The first-order valence-corrected chi connectivity index (χ1v) is 10.7. The molecule has 7 heteroatoms. The van der Waals surface area contributed by atoms with Crippen molar-refractivity contribution in [3.8, 4) is 5.75 Å². The Morgan fingerprint density at radius 3 is 2.12 bits per heavy atom. The number of nitrogens with zero attached hydrogens (tertiary/aromatic N) is 1. The Labute approximate surface area is 144 Å². The van der Waals surface area contributed by atoms with Crippen LogP contribution in [0.2, 0.25) is 18.1 Å². The van der Waals surface area contributed by atoms with Gasteiger partial charge in [-0.25, -0.2) is 0 Å². The molecular weight excluding hydrogens is 326 g/mol. The number of carbonyl (C=O) groups is 1. The molecule has 24 heavy (non-hydrogen) atoms. The van der Waals surface area contributed by atoms with E-state index in [0.29, 0.717) is 5.56 Å². The van der Waals surface area contributed by atoms with Gasteiger partial charge >= 0.3 is 11.7 Å². The van der Waals surface area contributed by atoms with Crippen molar-refractivity contribution in [1.82, 2.24) is 0 Å². The Hall–Kier alpha value is -1.89. The summed E-state index contributed by atoms with van der Waals surface area (Å²) in [5.41, 5.74) is -0.590. The topological polar surface area (TPSA) is 78.7 Å². The lowest BCUT2D eigenvalue weighted by atomic mass is 9.84. The zero-order chi connectivity index (χ0) is 18.9. The van der Waals surface area contributed by atoms with E-state index in [9.17, 15) is 14.9 Å². The first-order chi connectivity index (χ1) is 10.7. The molecule has 134 valence electrons. The van der Waals surface area contributed by atoms with Crippen molar-refractivity contribution in [1.29, 1.82) is 0 Å². The van der Waals surface area contributed by atoms with E-state index in [2.05, 4.69) is 20.8 Å². The van der Waals surface area contributed by atoms with Crippen molar-refractivity contribution in [3.63, 3.8) is 0 Å². The summed E-state index contributed by atoms with van der Waals surface area (Å²) in [5.74, 6) is -0.203. The molecule has 6 nitrogen and oxygen atoms in total. The summed E-state index contributed by atoms with van der Waals surface area (Å²) in [6.45, 7) is 13.6. The number of nitro groups is 1. The normalized spacial score (nSPS) is 12.7. The lowest BCUT2D eigenvalue weighted by Crippen LogP contribution is -2.44. The number of esters is 1. The number of hydrogen-bond acceptors (Lipinski definition) is 5. The van der Waals surface area contributed by atoms with Gasteiger partial charge in [0.25, 0.3) is 8.32 Å². The number of rotatable bonds is 5. The summed E-state index contributed by atoms with van der Waals surface area (Å²) in [4.78, 5) is 23.0. The summed E-state index contributed by atoms with van der Waals surface area (Å²) < 4.78 is 10.9. The highest BCUT2D eigenvalue weighted by atomic mass is 28.4. The Bertz CT molecular complexity index is 647. The van der Waals surface area contributed by atoms with Gasteiger partial charge in [-0.1, -0.05) is 26.8 Å². The molecule has 0 N–H and O–H groups in total. The van der Waals surface area contributed by atoms with E-state index in [1.54, 1.807) is 26.0 Å². The molecule has 0 aliphatic rings. The van der Waals surface area contributed by atoms with Crippen molar-refractivity contribution < 1.29 is 18.9 Å². The van der Waals surface area contributed by atoms with Crippen LogP contribution in [0.5, 0.6) is 5.75 Å². The van der Waals surface area contributed by atoms with Gasteiger partial charge in [-0.05, 0) is 43.6 Å². The van der Waals surface area contributed by atoms with Gasteiger partial charge in [0, 0.05) is 6.07 Å². The van der Waals surface area contributed by atoms with Crippen LogP contribution in [0.25, 0.3) is 0 Å². The van der Waals surface area contributed by atoms with Crippen LogP contribution in [-0.2, 0) is 14.9 Å². The minimum atomic E-state index is -2.21. The Balaban J connectivity index is 3.37. The van der Waals surface area contributed by atoms with Crippen molar-refractivity contribution in [2.45, 2.75) is 58.2 Å². The fourth-order valence-electron chi connectivity index (χ4n) is 1.94. The lowest BCUT2D eigenvalue weighted by Gasteiger charge is -2.36. The smallest absolute Gasteiger partial charge is 0.315 e. The Morgan fingerprint density at radius 2 is 1.71 bits per heavy atom. The third-order valence-electron chi connectivity index (χ3n) is 4.74. The van der Waals surface area contributed by atoms with Crippen molar-refractivity contribution >= 4 is 20.0 Å². The third-order valence-corrected chi connectivity index (χ3v) is 9.09. The predicted octanol–water partition coefficient (Wildman–Crippen LogP) is 4.43. The zero-order valence-electron chi connectivity index (χ0n) is 15.7. The Morgan fingerprint density at radius 1 is 1.17 bits per heavy atom. The maximum absolute atomic E-state index is 11.9. The molecular formula is C17H27NO5Si. The van der Waals surface area contributed by atoms with E-state index in [4.69, 9.17) is 9.16 Å². The van der Waals surface area contributed by atoms with Crippen LogP contribution in [-0.4, -0.2) is 26.3 Å². The van der Waals surface area contributed by atoms with E-state index in [1.165, 1.54) is 13.2 Å². The number of carbonyl (C=O) groups excluding carboxylic acids is 1. The monoisotopic (exact) mass is 353 g/mol. The van der Waals surface area contributed by atoms with Crippen LogP contribution in [0.4, 0.5) is 5.69 Å². The van der Waals surface area contributed by atoms with Gasteiger partial charge in [-0.3, -0.25) is 14.9 Å². The summed E-state index contributed by atoms with van der Waals surface area (Å²) in [7, 11) is -0.912. The highest BCUT2D eigenvalue weighted by Gasteiger charge is 2.41. The number of ether oxygens (including phenoxy) is 1. The number of methoxy groups -OCH3 is 1. The lowest BCUT2D eigenvalue weighted by molar-refractivity contribution is -0.385. The standard InChI is InChI=1S/C17H27NO5Si/c1-16(2,3)24(7,8)23-14-10-9-12(11-13(14)18(20)21)17(4,5)15(19)22-6/h9-11H,1-8H3. The maximum Gasteiger partial charge on any atom is 0.315 e. The van der Waals surface area contributed by atoms with Crippen LogP contribution in [0, 0.1) is 10.1 Å². The van der Waals surface area contributed by atoms with E-state index in [0.717, 1.165) is 0 Å². The quantitative estimate of drug-likeness (QED) is 0.339. The molecule has 0 unspecified atom stereocenters. The fraction of sp³-hybridized carbons (Fsp3) is 0.588. The van der Waals surface area contributed by atoms with E-state index < -0.39 is 24.6 Å². The van der Waals surface area contributed by atoms with E-state index in [-0.39, 0.29) is 16.5 Å². The molecule has 1 rings (SSSR count). The molecule has 0 radical (unpaired) electrons. The second-order valence-corrected chi connectivity index (χ2v) is 12.6. The largest absolute Gasteiger partial charge is 0.539 e. The molecule has 1 aromatic carbocycles. The number of hydrogen-bond donors (Lipinski definition) is 0. The summed E-state index contributed by atoms with van der Waals surface area (Å²) in [6.07, 6.45) is 0. The Kier molecular flexibility index (Phi) is 5.50. The molecule has 0 spiro atoms. The summed E-state index contributed by atoms with van der Waals surface area (Å²) in [6, 6.07) is 4.67. The molecule has 0 saturated carbocycles. The average Bonchev–Trinajstić information content (AvgIpc) is 2.44. The summed E-state index contributed by atoms with van der Waals surface area (Å²) >= 11 is 0. The molecule has 0 heterocycles. The molecule has 1 aromatic rings. The first kappa shape index (κ1) is 20.2. The van der Waals surface area contributed by atoms with E-state index in [1.807, 2.05) is 13.1 Å². The van der Waals surface area contributed by atoms with E-state index >= 15 is 0 Å². The predicted molar refractivity (Wildman–Crippen MR) is 96.0 cm³/mol. The van der Waals surface area contributed by atoms with Gasteiger partial charge in [-0.2, -0.15) is 0 Å². The highest BCUT2D eigenvalue weighted by Crippen LogP contribution is 2.41. The van der Waals surface area contributed by atoms with Crippen LogP contribution >= 0.6 is 0 Å².